The summed E-state index contributed by atoms with van der Waals surface area (Å²) in [6.45, 7) is 0. The summed E-state index contributed by atoms with van der Waals surface area (Å²) in [4.78, 5) is 0. The van der Waals surface area contributed by atoms with Crippen LogP contribution in [-0.2, 0) is 10.8 Å². The lowest BCUT2D eigenvalue weighted by molar-refractivity contribution is 0.550. The third kappa shape index (κ3) is 5.90. The van der Waals surface area contributed by atoms with E-state index < -0.39 is 0 Å². The maximum absolute atomic E-state index is 2.58. The maximum atomic E-state index is 2.58. The molecule has 0 bridgehead atoms. The van der Waals surface area contributed by atoms with E-state index in [-0.39, 0.29) is 10.8 Å². The summed E-state index contributed by atoms with van der Waals surface area (Å²) in [5, 5.41) is 16.2. The standard InChI is InChI=1S/C78H54/c1-2-40-77(39-1)69-43-57(27-33-63(69)65-35-29-59(45-71(65)77)61-31-23-55-21-19-51-7-5-9-53-25-37-67(61)75(55)73(51)53)49-15-11-47(12-16-49)48-13-17-50(18-14-48)58-28-34-64-66-36-30-60(46-72(66)78(70(64)44-58)41-3-4-42-78)62-32-24-56-22-20-52-8-6-10-54-26-38-68(62)76(56)74(52)54/h5-38,43-46H,1-4,39-42H2. The molecule has 0 aliphatic heterocycles. The molecule has 2 spiro atoms. The zero-order valence-corrected chi connectivity index (χ0v) is 43.6. The Kier molecular flexibility index (Phi) is 8.81. The van der Waals surface area contributed by atoms with Gasteiger partial charge in [0.1, 0.15) is 0 Å². The van der Waals surface area contributed by atoms with Crippen molar-refractivity contribution in [2.24, 2.45) is 0 Å². The fraction of sp³-hybridized carbons (Fsp3) is 0.128. The van der Waals surface area contributed by atoms with Crippen molar-refractivity contribution in [2.75, 3.05) is 0 Å². The zero-order valence-electron chi connectivity index (χ0n) is 43.6. The monoisotopic (exact) mass is 990 g/mol. The van der Waals surface area contributed by atoms with Crippen LogP contribution in [0.3, 0.4) is 0 Å². The summed E-state index contributed by atoms with van der Waals surface area (Å²) in [6.07, 6.45) is 9.91. The van der Waals surface area contributed by atoms with Crippen molar-refractivity contribution in [3.8, 4) is 77.9 Å². The molecular weight excluding hydrogens is 937 g/mol. The van der Waals surface area contributed by atoms with Crippen molar-refractivity contribution in [3.05, 3.63) is 253 Å². The second kappa shape index (κ2) is 15.9. The molecule has 0 nitrogen and oxygen atoms in total. The summed E-state index contributed by atoms with van der Waals surface area (Å²) in [7, 11) is 0. The number of benzene rings is 14. The lowest BCUT2D eigenvalue weighted by atomic mass is 9.75. The summed E-state index contributed by atoms with van der Waals surface area (Å²) in [5.41, 5.74) is 24.9. The van der Waals surface area contributed by atoms with Crippen LogP contribution in [-0.4, -0.2) is 0 Å². The van der Waals surface area contributed by atoms with Gasteiger partial charge in [-0.05, 0) is 215 Å². The van der Waals surface area contributed by atoms with Crippen molar-refractivity contribution in [1.29, 1.82) is 0 Å². The van der Waals surface area contributed by atoms with Crippen LogP contribution in [0.25, 0.3) is 143 Å². The lowest BCUT2D eigenvalue weighted by Crippen LogP contribution is -2.20. The first kappa shape index (κ1) is 43.3. The van der Waals surface area contributed by atoms with Crippen molar-refractivity contribution in [3.63, 3.8) is 0 Å². The molecule has 0 N–H and O–H groups in total. The highest BCUT2D eigenvalue weighted by Crippen LogP contribution is 2.60. The SMILES string of the molecule is c1cc2ccc3ccc(-c4ccc5c(c4)C4(CCCC4)c4cc(-c6ccc(-c7ccc(-c8ccc9c(c8)C8(CCCC8)c8cc(-c%10ccc%11ccc%12cccc%13ccc%10c%11c%12%13)ccc8-9)cc7)cc6)ccc4-5)c4ccc(c1)c2c34. The molecule has 0 aromatic heterocycles. The molecule has 366 valence electrons. The van der Waals surface area contributed by atoms with Gasteiger partial charge in [0.05, 0.1) is 0 Å². The van der Waals surface area contributed by atoms with Crippen molar-refractivity contribution in [2.45, 2.75) is 62.2 Å². The largest absolute Gasteiger partial charge is 0.0610 e. The van der Waals surface area contributed by atoms with E-state index in [0.717, 1.165) is 0 Å². The van der Waals surface area contributed by atoms with Gasteiger partial charge >= 0.3 is 0 Å². The molecule has 0 saturated heterocycles. The summed E-state index contributed by atoms with van der Waals surface area (Å²) in [6, 6.07) is 89.5. The molecule has 4 aliphatic rings. The smallest absolute Gasteiger partial charge is 0.0215 e. The molecule has 2 fully saturated rings. The average molecular weight is 991 g/mol. The van der Waals surface area contributed by atoms with Gasteiger partial charge in [-0.3, -0.25) is 0 Å². The molecular formula is C78H54. The first-order valence-corrected chi connectivity index (χ1v) is 28.7. The van der Waals surface area contributed by atoms with Crippen LogP contribution in [0.4, 0.5) is 0 Å². The van der Waals surface area contributed by atoms with Crippen LogP contribution < -0.4 is 0 Å². The zero-order chi connectivity index (χ0) is 50.8. The summed E-state index contributed by atoms with van der Waals surface area (Å²) < 4.78 is 0. The quantitative estimate of drug-likeness (QED) is 0.151. The van der Waals surface area contributed by atoms with Gasteiger partial charge in [0.25, 0.3) is 0 Å². The lowest BCUT2D eigenvalue weighted by Gasteiger charge is -2.27. The second-order valence-corrected chi connectivity index (χ2v) is 23.7. The molecule has 0 radical (unpaired) electrons. The van der Waals surface area contributed by atoms with Gasteiger partial charge in [-0.1, -0.05) is 232 Å². The number of fused-ring (bicyclic) bond motifs is 10. The molecule has 78 heavy (non-hydrogen) atoms. The summed E-state index contributed by atoms with van der Waals surface area (Å²) >= 11 is 0. The minimum absolute atomic E-state index is 0.0549. The van der Waals surface area contributed by atoms with Gasteiger partial charge in [0.15, 0.2) is 0 Å². The Morgan fingerprint density at radius 1 is 0.205 bits per heavy atom. The molecule has 18 rings (SSSR count). The Morgan fingerprint density at radius 2 is 0.462 bits per heavy atom. The Morgan fingerprint density at radius 3 is 0.821 bits per heavy atom. The molecule has 0 atom stereocenters. The molecule has 2 saturated carbocycles. The Hall–Kier alpha value is -8.84. The number of rotatable bonds is 5. The fourth-order valence-corrected chi connectivity index (χ4v) is 16.4. The van der Waals surface area contributed by atoms with E-state index in [1.54, 1.807) is 0 Å². The number of hydrogen-bond acceptors (Lipinski definition) is 0. The van der Waals surface area contributed by atoms with E-state index in [2.05, 4.69) is 231 Å². The third-order valence-corrected chi connectivity index (χ3v) is 20.1. The van der Waals surface area contributed by atoms with E-state index in [4.69, 9.17) is 0 Å². The van der Waals surface area contributed by atoms with Gasteiger partial charge in [0, 0.05) is 10.8 Å². The van der Waals surface area contributed by atoms with E-state index in [9.17, 15) is 0 Å². The van der Waals surface area contributed by atoms with E-state index in [0.29, 0.717) is 0 Å². The fourth-order valence-electron chi connectivity index (χ4n) is 16.4. The van der Waals surface area contributed by atoms with Gasteiger partial charge in [-0.15, -0.1) is 0 Å². The molecule has 14 aromatic carbocycles. The second-order valence-electron chi connectivity index (χ2n) is 23.7. The van der Waals surface area contributed by atoms with Crippen molar-refractivity contribution < 1.29 is 0 Å². The number of hydrogen-bond donors (Lipinski definition) is 0. The Labute approximate surface area is 455 Å². The van der Waals surface area contributed by atoms with Gasteiger partial charge in [-0.25, -0.2) is 0 Å². The van der Waals surface area contributed by atoms with Crippen molar-refractivity contribution in [1.82, 2.24) is 0 Å². The third-order valence-electron chi connectivity index (χ3n) is 20.1. The predicted octanol–water partition coefficient (Wildman–Crippen LogP) is 21.5. The van der Waals surface area contributed by atoms with Gasteiger partial charge in [0.2, 0.25) is 0 Å². The molecule has 0 heteroatoms. The molecule has 4 aliphatic carbocycles. The van der Waals surface area contributed by atoms with E-state index in [1.165, 1.54) is 216 Å². The normalized spacial score (nSPS) is 15.7. The summed E-state index contributed by atoms with van der Waals surface area (Å²) in [5.74, 6) is 0. The van der Waals surface area contributed by atoms with Crippen LogP contribution in [0.15, 0.2) is 231 Å². The first-order chi connectivity index (χ1) is 38.6. The Bertz CT molecular complexity index is 4480. The highest BCUT2D eigenvalue weighted by atomic mass is 14.5. The average Bonchev–Trinajstić information content (AvgIpc) is 4.37. The molecule has 0 heterocycles. The highest BCUT2D eigenvalue weighted by molar-refractivity contribution is 6.27. The topological polar surface area (TPSA) is 0 Å². The van der Waals surface area contributed by atoms with Crippen LogP contribution >= 0.6 is 0 Å². The Balaban J connectivity index is 0.635. The van der Waals surface area contributed by atoms with Crippen LogP contribution in [0.2, 0.25) is 0 Å². The van der Waals surface area contributed by atoms with Gasteiger partial charge in [-0.2, -0.15) is 0 Å². The molecule has 14 aromatic rings. The molecule has 0 amide bonds. The first-order valence-electron chi connectivity index (χ1n) is 28.7. The highest BCUT2D eigenvalue weighted by Gasteiger charge is 2.47. The van der Waals surface area contributed by atoms with Gasteiger partial charge < -0.3 is 0 Å². The van der Waals surface area contributed by atoms with E-state index in [1.807, 2.05) is 0 Å². The molecule has 0 unspecified atom stereocenters. The van der Waals surface area contributed by atoms with Crippen LogP contribution in [0, 0.1) is 0 Å². The minimum Gasteiger partial charge on any atom is -0.0610 e. The van der Waals surface area contributed by atoms with Crippen LogP contribution in [0.1, 0.15) is 73.6 Å². The maximum Gasteiger partial charge on any atom is 0.0215 e. The van der Waals surface area contributed by atoms with E-state index >= 15 is 0 Å². The van der Waals surface area contributed by atoms with Crippen molar-refractivity contribution >= 4 is 64.6 Å². The predicted molar refractivity (Wildman–Crippen MR) is 330 cm³/mol. The van der Waals surface area contributed by atoms with Crippen LogP contribution in [0.5, 0.6) is 0 Å². The minimum atomic E-state index is 0.0549.